The molecule has 0 unspecified atom stereocenters. The van der Waals surface area contributed by atoms with Gasteiger partial charge in [0.25, 0.3) is 0 Å². The maximum Gasteiger partial charge on any atom is 0.409 e. The summed E-state index contributed by atoms with van der Waals surface area (Å²) in [6.45, 7) is 2.04. The number of benzene rings is 1. The predicted molar refractivity (Wildman–Crippen MR) is 120 cm³/mol. The van der Waals surface area contributed by atoms with Crippen LogP contribution in [0.1, 0.15) is 37.7 Å². The van der Waals surface area contributed by atoms with E-state index >= 15 is 0 Å². The zero-order valence-corrected chi connectivity index (χ0v) is 19.0. The topological polar surface area (TPSA) is 75.2 Å². The highest BCUT2D eigenvalue weighted by molar-refractivity contribution is 14.0. The normalized spacial score (nSPS) is 17.9. The standard InChI is InChI=1S/C20H30N4O3.HI/c1-21-19(23-16-10-12-24(13-11-16)20(25)26-2)22-14-15-6-3-4-9-18(15)27-17-7-5-8-17;/h3-4,6,9,16-17H,5,7-8,10-14H2,1-2H3,(H2,21,22,23);1H. The number of nitrogens with zero attached hydrogens (tertiary/aromatic N) is 2. The molecular weight excluding hydrogens is 471 g/mol. The molecule has 1 aliphatic heterocycles. The summed E-state index contributed by atoms with van der Waals surface area (Å²) in [5.41, 5.74) is 1.13. The molecule has 28 heavy (non-hydrogen) atoms. The molecule has 0 spiro atoms. The fourth-order valence-electron chi connectivity index (χ4n) is 3.34. The van der Waals surface area contributed by atoms with E-state index in [9.17, 15) is 4.79 Å². The molecule has 0 atom stereocenters. The largest absolute Gasteiger partial charge is 0.490 e. The molecule has 1 amide bonds. The lowest BCUT2D eigenvalue weighted by Gasteiger charge is -2.32. The molecule has 1 heterocycles. The Balaban J connectivity index is 0.00000280. The minimum atomic E-state index is -0.251. The number of hydrogen-bond acceptors (Lipinski definition) is 4. The van der Waals surface area contributed by atoms with E-state index in [0.717, 1.165) is 43.0 Å². The number of ether oxygens (including phenoxy) is 2. The average molecular weight is 502 g/mol. The molecule has 1 saturated carbocycles. The monoisotopic (exact) mass is 502 g/mol. The summed E-state index contributed by atoms with van der Waals surface area (Å²) in [6, 6.07) is 8.46. The van der Waals surface area contributed by atoms with Gasteiger partial charge in [-0.3, -0.25) is 4.99 Å². The lowest BCUT2D eigenvalue weighted by atomic mass is 9.96. The van der Waals surface area contributed by atoms with Crippen LogP contribution in [0.2, 0.25) is 0 Å². The second-order valence-corrected chi connectivity index (χ2v) is 7.08. The maximum atomic E-state index is 11.6. The lowest BCUT2D eigenvalue weighted by molar-refractivity contribution is 0.111. The quantitative estimate of drug-likeness (QED) is 0.368. The fraction of sp³-hybridized carbons (Fsp3) is 0.600. The van der Waals surface area contributed by atoms with Crippen molar-refractivity contribution in [1.82, 2.24) is 15.5 Å². The predicted octanol–water partition coefficient (Wildman–Crippen LogP) is 3.13. The number of para-hydroxylation sites is 1. The Morgan fingerprint density at radius 1 is 1.21 bits per heavy atom. The number of carbonyl (C=O) groups is 1. The summed E-state index contributed by atoms with van der Waals surface area (Å²) in [4.78, 5) is 17.7. The highest BCUT2D eigenvalue weighted by atomic mass is 127. The number of halogens is 1. The molecule has 2 aliphatic rings. The van der Waals surface area contributed by atoms with E-state index in [-0.39, 0.29) is 30.1 Å². The smallest absolute Gasteiger partial charge is 0.409 e. The van der Waals surface area contributed by atoms with Crippen molar-refractivity contribution >= 4 is 36.0 Å². The van der Waals surface area contributed by atoms with Gasteiger partial charge < -0.3 is 25.0 Å². The molecule has 0 bridgehead atoms. The summed E-state index contributed by atoms with van der Waals surface area (Å²) >= 11 is 0. The van der Waals surface area contributed by atoms with Gasteiger partial charge in [-0.15, -0.1) is 24.0 Å². The zero-order chi connectivity index (χ0) is 19.1. The number of methoxy groups -OCH3 is 1. The Kier molecular flexibility index (Phi) is 9.14. The summed E-state index contributed by atoms with van der Waals surface area (Å²) in [5, 5.41) is 6.84. The van der Waals surface area contributed by atoms with Crippen molar-refractivity contribution < 1.29 is 14.3 Å². The molecule has 7 nitrogen and oxygen atoms in total. The van der Waals surface area contributed by atoms with Crippen molar-refractivity contribution in [3.05, 3.63) is 29.8 Å². The molecule has 1 aliphatic carbocycles. The minimum absolute atomic E-state index is 0. The Labute approximate surface area is 184 Å². The minimum Gasteiger partial charge on any atom is -0.490 e. The van der Waals surface area contributed by atoms with Crippen LogP contribution in [0.3, 0.4) is 0 Å². The van der Waals surface area contributed by atoms with E-state index < -0.39 is 0 Å². The third kappa shape index (κ3) is 6.15. The van der Waals surface area contributed by atoms with Crippen LogP contribution in [-0.2, 0) is 11.3 Å². The van der Waals surface area contributed by atoms with E-state index in [1.807, 2.05) is 18.2 Å². The first-order valence-corrected chi connectivity index (χ1v) is 9.74. The van der Waals surface area contributed by atoms with E-state index in [1.54, 1.807) is 11.9 Å². The number of nitrogens with one attached hydrogen (secondary N) is 2. The number of rotatable bonds is 5. The first kappa shape index (κ1) is 22.6. The molecule has 0 aromatic heterocycles. The van der Waals surface area contributed by atoms with Crippen molar-refractivity contribution in [2.45, 2.75) is 50.8 Å². The molecule has 1 saturated heterocycles. The summed E-state index contributed by atoms with van der Waals surface area (Å²) in [7, 11) is 3.20. The van der Waals surface area contributed by atoms with Crippen molar-refractivity contribution in [3.8, 4) is 5.75 Å². The third-order valence-corrected chi connectivity index (χ3v) is 5.26. The van der Waals surface area contributed by atoms with Gasteiger partial charge in [-0.1, -0.05) is 18.2 Å². The fourth-order valence-corrected chi connectivity index (χ4v) is 3.34. The van der Waals surface area contributed by atoms with Crippen LogP contribution in [0.15, 0.2) is 29.3 Å². The number of amides is 1. The van der Waals surface area contributed by atoms with Gasteiger partial charge in [0.1, 0.15) is 5.75 Å². The van der Waals surface area contributed by atoms with Crippen molar-refractivity contribution in [2.75, 3.05) is 27.2 Å². The number of hydrogen-bond donors (Lipinski definition) is 2. The second kappa shape index (κ2) is 11.3. The Morgan fingerprint density at radius 2 is 1.93 bits per heavy atom. The molecule has 1 aromatic rings. The number of likely N-dealkylation sites (tertiary alicyclic amines) is 1. The van der Waals surface area contributed by atoms with Gasteiger partial charge in [-0.05, 0) is 38.2 Å². The Morgan fingerprint density at radius 3 is 2.54 bits per heavy atom. The molecule has 1 aromatic carbocycles. The summed E-state index contributed by atoms with van der Waals surface area (Å²) in [6.07, 6.45) is 5.41. The summed E-state index contributed by atoms with van der Waals surface area (Å²) in [5.74, 6) is 1.72. The molecule has 8 heteroatoms. The maximum absolute atomic E-state index is 11.6. The van der Waals surface area contributed by atoms with Crippen LogP contribution in [0, 0.1) is 0 Å². The van der Waals surface area contributed by atoms with E-state index in [1.165, 1.54) is 13.5 Å². The van der Waals surface area contributed by atoms with Crippen LogP contribution in [-0.4, -0.2) is 56.3 Å². The van der Waals surface area contributed by atoms with Crippen LogP contribution in [0.5, 0.6) is 5.75 Å². The van der Waals surface area contributed by atoms with Crippen LogP contribution >= 0.6 is 24.0 Å². The van der Waals surface area contributed by atoms with Crippen LogP contribution < -0.4 is 15.4 Å². The molecule has 2 N–H and O–H groups in total. The molecule has 0 radical (unpaired) electrons. The Bertz CT molecular complexity index is 659. The summed E-state index contributed by atoms with van der Waals surface area (Å²) < 4.78 is 10.9. The van der Waals surface area contributed by atoms with Crippen molar-refractivity contribution in [1.29, 1.82) is 0 Å². The van der Waals surface area contributed by atoms with Gasteiger partial charge in [0.05, 0.1) is 13.2 Å². The lowest BCUT2D eigenvalue weighted by Crippen LogP contribution is -2.49. The van der Waals surface area contributed by atoms with Gasteiger partial charge in [-0.25, -0.2) is 4.79 Å². The number of guanidine groups is 1. The Hall–Kier alpha value is -1.71. The van der Waals surface area contributed by atoms with Crippen LogP contribution in [0.4, 0.5) is 4.79 Å². The van der Waals surface area contributed by atoms with Gasteiger partial charge in [0.15, 0.2) is 5.96 Å². The van der Waals surface area contributed by atoms with Gasteiger partial charge in [0, 0.05) is 38.3 Å². The first-order valence-electron chi connectivity index (χ1n) is 9.74. The van der Waals surface area contributed by atoms with Crippen molar-refractivity contribution in [2.24, 2.45) is 4.99 Å². The van der Waals surface area contributed by atoms with E-state index in [2.05, 4.69) is 21.7 Å². The van der Waals surface area contributed by atoms with E-state index in [4.69, 9.17) is 9.47 Å². The zero-order valence-electron chi connectivity index (χ0n) is 16.6. The average Bonchev–Trinajstić information content (AvgIpc) is 2.68. The molecule has 3 rings (SSSR count). The van der Waals surface area contributed by atoms with Gasteiger partial charge >= 0.3 is 6.09 Å². The van der Waals surface area contributed by atoms with Crippen LogP contribution in [0.25, 0.3) is 0 Å². The highest BCUT2D eigenvalue weighted by Crippen LogP contribution is 2.27. The second-order valence-electron chi connectivity index (χ2n) is 7.08. The van der Waals surface area contributed by atoms with E-state index in [0.29, 0.717) is 31.8 Å². The molecule has 2 fully saturated rings. The molecule has 156 valence electrons. The van der Waals surface area contributed by atoms with Crippen molar-refractivity contribution in [3.63, 3.8) is 0 Å². The number of carbonyl (C=O) groups excluding carboxylic acids is 1. The number of piperidine rings is 1. The third-order valence-electron chi connectivity index (χ3n) is 5.26. The highest BCUT2D eigenvalue weighted by Gasteiger charge is 2.24. The SMILES string of the molecule is CN=C(NCc1ccccc1OC1CCC1)NC1CCN(C(=O)OC)CC1.I. The van der Waals surface area contributed by atoms with Gasteiger partial charge in [-0.2, -0.15) is 0 Å². The molecular formula is C20H31IN4O3. The first-order chi connectivity index (χ1) is 13.2. The van der Waals surface area contributed by atoms with Gasteiger partial charge in [0.2, 0.25) is 0 Å². The number of aliphatic imine (C=N–C) groups is 1.